The van der Waals surface area contributed by atoms with Crippen LogP contribution in [0.3, 0.4) is 0 Å². The predicted molar refractivity (Wildman–Crippen MR) is 102 cm³/mol. The molecule has 0 unspecified atom stereocenters. The number of aromatic nitrogens is 2. The number of morpholine rings is 1. The maximum Gasteiger partial charge on any atom is 0.319 e. The van der Waals surface area contributed by atoms with Crippen LogP contribution in [0.4, 0.5) is 30.9 Å². The number of rotatable bonds is 6. The molecule has 0 radical (unpaired) electrons. The van der Waals surface area contributed by atoms with Crippen LogP contribution in [0.1, 0.15) is 5.82 Å². The maximum atomic E-state index is 13.5. The molecular formula is C18H22F2N6O2. The molecule has 0 spiro atoms. The van der Waals surface area contributed by atoms with Crippen molar-refractivity contribution in [2.24, 2.45) is 0 Å². The molecule has 1 aromatic carbocycles. The first-order valence-corrected chi connectivity index (χ1v) is 8.94. The normalized spacial score (nSPS) is 13.9. The van der Waals surface area contributed by atoms with Crippen LogP contribution in [0.2, 0.25) is 0 Å². The quantitative estimate of drug-likeness (QED) is 0.653. The monoisotopic (exact) mass is 392 g/mol. The summed E-state index contributed by atoms with van der Waals surface area (Å²) in [6, 6.07) is 4.52. The van der Waals surface area contributed by atoms with Gasteiger partial charge in [-0.15, -0.1) is 0 Å². The Hall–Kier alpha value is -3.01. The van der Waals surface area contributed by atoms with E-state index in [-0.39, 0.29) is 6.54 Å². The van der Waals surface area contributed by atoms with Gasteiger partial charge in [0.2, 0.25) is 0 Å². The maximum absolute atomic E-state index is 13.5. The van der Waals surface area contributed by atoms with Gasteiger partial charge in [0.15, 0.2) is 0 Å². The van der Waals surface area contributed by atoms with Gasteiger partial charge in [0.05, 0.1) is 13.2 Å². The average molecular weight is 392 g/mol. The molecule has 10 heteroatoms. The van der Waals surface area contributed by atoms with Crippen molar-refractivity contribution in [2.45, 2.75) is 6.92 Å². The molecule has 8 nitrogen and oxygen atoms in total. The molecular weight excluding hydrogens is 370 g/mol. The average Bonchev–Trinajstić information content (AvgIpc) is 2.68. The summed E-state index contributed by atoms with van der Waals surface area (Å²) in [5, 5.41) is 7.81. The van der Waals surface area contributed by atoms with Crippen LogP contribution in [0.25, 0.3) is 0 Å². The molecule has 0 aliphatic carbocycles. The van der Waals surface area contributed by atoms with E-state index in [1.165, 1.54) is 6.07 Å². The van der Waals surface area contributed by atoms with E-state index in [4.69, 9.17) is 4.74 Å². The second kappa shape index (κ2) is 9.27. The zero-order chi connectivity index (χ0) is 19.9. The van der Waals surface area contributed by atoms with Gasteiger partial charge in [-0.05, 0) is 19.1 Å². The molecule has 1 fully saturated rings. The summed E-state index contributed by atoms with van der Waals surface area (Å²) in [4.78, 5) is 22.7. The molecule has 2 aromatic rings. The van der Waals surface area contributed by atoms with Gasteiger partial charge in [0.25, 0.3) is 0 Å². The summed E-state index contributed by atoms with van der Waals surface area (Å²) >= 11 is 0. The summed E-state index contributed by atoms with van der Waals surface area (Å²) in [6.45, 7) is 5.28. The minimum Gasteiger partial charge on any atom is -0.378 e. The molecule has 1 aliphatic rings. The van der Waals surface area contributed by atoms with Crippen LogP contribution in [0, 0.1) is 18.6 Å². The summed E-state index contributed by atoms with van der Waals surface area (Å²) < 4.78 is 32.4. The number of para-hydroxylation sites is 1. The first-order chi connectivity index (χ1) is 13.5. The standard InChI is InChI=1S/C18H22F2N6O2/c1-12-23-15(11-16(24-12)26-7-9-28-10-8-26)21-5-6-22-18(27)25-17-13(19)3-2-4-14(17)20/h2-4,11H,5-10H2,1H3,(H,21,23,24)(H2,22,25,27). The Morgan fingerprint density at radius 3 is 2.61 bits per heavy atom. The first kappa shape index (κ1) is 19.7. The lowest BCUT2D eigenvalue weighted by molar-refractivity contribution is 0.122. The topological polar surface area (TPSA) is 91.4 Å². The first-order valence-electron chi connectivity index (χ1n) is 8.94. The van der Waals surface area contributed by atoms with Crippen LogP contribution in [0.15, 0.2) is 24.3 Å². The number of hydrogen-bond donors (Lipinski definition) is 3. The minimum absolute atomic E-state index is 0.234. The van der Waals surface area contributed by atoms with E-state index in [9.17, 15) is 13.6 Å². The van der Waals surface area contributed by atoms with E-state index in [0.29, 0.717) is 31.4 Å². The molecule has 28 heavy (non-hydrogen) atoms. The highest BCUT2D eigenvalue weighted by Gasteiger charge is 2.14. The number of carbonyl (C=O) groups excluding carboxylic acids is 1. The fraction of sp³-hybridized carbons (Fsp3) is 0.389. The van der Waals surface area contributed by atoms with Gasteiger partial charge in [-0.2, -0.15) is 0 Å². The fourth-order valence-corrected chi connectivity index (χ4v) is 2.74. The molecule has 3 rings (SSSR count). The number of nitrogens with one attached hydrogen (secondary N) is 3. The Kier molecular flexibility index (Phi) is 6.53. The largest absolute Gasteiger partial charge is 0.378 e. The molecule has 2 amide bonds. The van der Waals surface area contributed by atoms with E-state index < -0.39 is 23.4 Å². The second-order valence-corrected chi connectivity index (χ2v) is 6.16. The van der Waals surface area contributed by atoms with Crippen molar-refractivity contribution in [3.63, 3.8) is 0 Å². The number of carbonyl (C=O) groups is 1. The zero-order valence-electron chi connectivity index (χ0n) is 15.5. The molecule has 3 N–H and O–H groups in total. The van der Waals surface area contributed by atoms with Gasteiger partial charge >= 0.3 is 6.03 Å². The molecule has 1 saturated heterocycles. The van der Waals surface area contributed by atoms with E-state index in [2.05, 4.69) is 30.8 Å². The van der Waals surface area contributed by atoms with Crippen LogP contribution in [-0.2, 0) is 4.74 Å². The SMILES string of the molecule is Cc1nc(NCCNC(=O)Nc2c(F)cccc2F)cc(N2CCOCC2)n1. The third-order valence-corrected chi connectivity index (χ3v) is 4.08. The third kappa shape index (κ3) is 5.26. The van der Waals surface area contributed by atoms with Crippen molar-refractivity contribution >= 4 is 23.4 Å². The van der Waals surface area contributed by atoms with Gasteiger partial charge in [-0.25, -0.2) is 23.5 Å². The Morgan fingerprint density at radius 2 is 1.89 bits per heavy atom. The van der Waals surface area contributed by atoms with Crippen molar-refractivity contribution in [1.82, 2.24) is 15.3 Å². The lowest BCUT2D eigenvalue weighted by Crippen LogP contribution is -2.37. The van der Waals surface area contributed by atoms with Crippen molar-refractivity contribution in [3.05, 3.63) is 41.7 Å². The zero-order valence-corrected chi connectivity index (χ0v) is 15.5. The summed E-state index contributed by atoms with van der Waals surface area (Å²) in [7, 11) is 0. The van der Waals surface area contributed by atoms with Gasteiger partial charge in [-0.1, -0.05) is 6.07 Å². The minimum atomic E-state index is -0.833. The highest BCUT2D eigenvalue weighted by atomic mass is 19.1. The number of nitrogens with zero attached hydrogens (tertiary/aromatic N) is 3. The van der Waals surface area contributed by atoms with E-state index in [1.807, 2.05) is 13.0 Å². The Bertz CT molecular complexity index is 809. The van der Waals surface area contributed by atoms with Crippen LogP contribution < -0.4 is 20.9 Å². The van der Waals surface area contributed by atoms with Crippen molar-refractivity contribution in [3.8, 4) is 0 Å². The lowest BCUT2D eigenvalue weighted by Gasteiger charge is -2.28. The Balaban J connectivity index is 1.48. The predicted octanol–water partition coefficient (Wildman–Crippen LogP) is 2.13. The van der Waals surface area contributed by atoms with Crippen molar-refractivity contribution < 1.29 is 18.3 Å². The number of amides is 2. The summed E-state index contributed by atoms with van der Waals surface area (Å²) in [6.07, 6.45) is 0. The van der Waals surface area contributed by atoms with Crippen LogP contribution in [-0.4, -0.2) is 55.4 Å². The molecule has 1 aliphatic heterocycles. The number of aryl methyl sites for hydroxylation is 1. The van der Waals surface area contributed by atoms with Crippen molar-refractivity contribution in [2.75, 3.05) is 54.9 Å². The summed E-state index contributed by atoms with van der Waals surface area (Å²) in [5.74, 6) is 0.420. The fourth-order valence-electron chi connectivity index (χ4n) is 2.74. The van der Waals surface area contributed by atoms with Gasteiger partial charge in [0.1, 0.15) is 34.8 Å². The number of anilines is 3. The summed E-state index contributed by atoms with van der Waals surface area (Å²) in [5.41, 5.74) is -0.477. The highest BCUT2D eigenvalue weighted by molar-refractivity contribution is 5.89. The number of urea groups is 1. The number of hydrogen-bond acceptors (Lipinski definition) is 6. The number of ether oxygens (including phenoxy) is 1. The second-order valence-electron chi connectivity index (χ2n) is 6.16. The molecule has 0 bridgehead atoms. The number of halogens is 2. The highest BCUT2D eigenvalue weighted by Crippen LogP contribution is 2.18. The van der Waals surface area contributed by atoms with Gasteiger partial charge in [0, 0.05) is 32.2 Å². The smallest absolute Gasteiger partial charge is 0.319 e. The third-order valence-electron chi connectivity index (χ3n) is 4.08. The van der Waals surface area contributed by atoms with E-state index >= 15 is 0 Å². The van der Waals surface area contributed by atoms with Gasteiger partial charge in [-0.3, -0.25) is 0 Å². The molecule has 1 aromatic heterocycles. The van der Waals surface area contributed by atoms with E-state index in [1.54, 1.807) is 0 Å². The number of benzene rings is 1. The molecule has 2 heterocycles. The molecule has 0 saturated carbocycles. The Labute approximate surface area is 161 Å². The molecule has 150 valence electrons. The molecule has 0 atom stereocenters. The van der Waals surface area contributed by atoms with Crippen LogP contribution in [0.5, 0.6) is 0 Å². The lowest BCUT2D eigenvalue weighted by atomic mass is 10.3. The van der Waals surface area contributed by atoms with E-state index in [0.717, 1.165) is 31.0 Å². The van der Waals surface area contributed by atoms with Gasteiger partial charge < -0.3 is 25.6 Å². The Morgan fingerprint density at radius 1 is 1.18 bits per heavy atom. The van der Waals surface area contributed by atoms with Crippen LogP contribution >= 0.6 is 0 Å². The van der Waals surface area contributed by atoms with Crippen molar-refractivity contribution in [1.29, 1.82) is 0 Å².